The standard InChI is InChI=1S/C18H25NO/c1-17(2,3)13-7-9-14(10-8-13)19-15-11-16(20-12-15)18(4,5)6/h7-12,19H,1-6H3/i1D3,2D3,3D3,4D3,5D3. The zero-order chi connectivity index (χ0) is 27.5. The van der Waals surface area contributed by atoms with E-state index in [2.05, 4.69) is 5.32 Å². The molecule has 0 atom stereocenters. The van der Waals surface area contributed by atoms with Gasteiger partial charge >= 0.3 is 0 Å². The summed E-state index contributed by atoms with van der Waals surface area (Å²) in [5.74, 6) is -0.317. The fourth-order valence-corrected chi connectivity index (χ4v) is 1.63. The minimum Gasteiger partial charge on any atom is -0.467 e. The summed E-state index contributed by atoms with van der Waals surface area (Å²) in [4.78, 5) is 0. The summed E-state index contributed by atoms with van der Waals surface area (Å²) in [5.41, 5.74) is -5.46. The van der Waals surface area contributed by atoms with Crippen LogP contribution in [0.2, 0.25) is 0 Å². The maximum absolute atomic E-state index is 7.77. The van der Waals surface area contributed by atoms with Gasteiger partial charge in [-0.05, 0) is 23.1 Å². The van der Waals surface area contributed by atoms with Crippen molar-refractivity contribution in [3.63, 3.8) is 0 Å². The molecule has 2 aromatic rings. The number of hydrogen-bond acceptors (Lipinski definition) is 2. The molecule has 0 saturated carbocycles. The second-order valence-corrected chi connectivity index (χ2v) is 4.78. The molecule has 2 nitrogen and oxygen atoms in total. The Morgan fingerprint density at radius 1 is 0.950 bits per heavy atom. The molecule has 0 aliphatic heterocycles. The van der Waals surface area contributed by atoms with Gasteiger partial charge in [0.15, 0.2) is 0 Å². The summed E-state index contributed by atoms with van der Waals surface area (Å²) < 4.78 is 121. The van der Waals surface area contributed by atoms with Crippen molar-refractivity contribution in [1.29, 1.82) is 0 Å². The Morgan fingerprint density at radius 3 is 2.20 bits per heavy atom. The van der Waals surface area contributed by atoms with Gasteiger partial charge in [0.25, 0.3) is 0 Å². The summed E-state index contributed by atoms with van der Waals surface area (Å²) in [7, 11) is 0. The van der Waals surface area contributed by atoms with Crippen LogP contribution in [0.15, 0.2) is 41.0 Å². The molecule has 0 saturated heterocycles. The van der Waals surface area contributed by atoms with E-state index in [0.29, 0.717) is 0 Å². The average molecular weight is 286 g/mol. The number of benzene rings is 1. The number of anilines is 2. The highest BCUT2D eigenvalue weighted by molar-refractivity contribution is 5.59. The van der Waals surface area contributed by atoms with Crippen molar-refractivity contribution in [1.82, 2.24) is 0 Å². The van der Waals surface area contributed by atoms with Crippen LogP contribution in [0, 0.1) is 0 Å². The lowest BCUT2D eigenvalue weighted by atomic mass is 9.87. The molecule has 1 aromatic carbocycles. The summed E-state index contributed by atoms with van der Waals surface area (Å²) in [6, 6.07) is 5.86. The normalized spacial score (nSPS) is 26.8. The molecule has 1 N–H and O–H groups in total. The Morgan fingerprint density at radius 2 is 1.60 bits per heavy atom. The smallest absolute Gasteiger partial charge is 0.114 e. The van der Waals surface area contributed by atoms with Crippen LogP contribution in [0.3, 0.4) is 0 Å². The van der Waals surface area contributed by atoms with Crippen LogP contribution < -0.4 is 5.32 Å². The Hall–Kier alpha value is -1.70. The minimum atomic E-state index is -3.40. The van der Waals surface area contributed by atoms with Gasteiger partial charge in [-0.2, -0.15) is 0 Å². The first-order valence-electron chi connectivity index (χ1n) is 13.4. The second kappa shape index (κ2) is 5.01. The molecule has 1 heterocycles. The molecular weight excluding hydrogens is 246 g/mol. The monoisotopic (exact) mass is 286 g/mol. The Kier molecular flexibility index (Phi) is 1.17. The zero-order valence-electron chi connectivity index (χ0n) is 25.9. The lowest BCUT2D eigenvalue weighted by Gasteiger charge is -2.19. The fraction of sp³-hybridized carbons (Fsp3) is 0.444. The van der Waals surface area contributed by atoms with Crippen molar-refractivity contribution >= 4 is 11.4 Å². The summed E-state index contributed by atoms with van der Waals surface area (Å²) in [6.45, 7) is -15.0. The third kappa shape index (κ3) is 3.44. The SMILES string of the molecule is [2H]C([2H])([2H])C(C)(c1cc(Nc2ccc(C(C([2H])([2H])[2H])(C([2H])([2H])[2H])C([2H])([2H])[2H])cc2)co1)C([2H])([2H])[2H]. The summed E-state index contributed by atoms with van der Waals surface area (Å²) >= 11 is 0. The third-order valence-corrected chi connectivity index (χ3v) is 2.70. The van der Waals surface area contributed by atoms with Gasteiger partial charge < -0.3 is 9.73 Å². The summed E-state index contributed by atoms with van der Waals surface area (Å²) in [6.07, 6.45) is 1.09. The molecule has 0 fully saturated rings. The highest BCUT2D eigenvalue weighted by Crippen LogP contribution is 2.29. The van der Waals surface area contributed by atoms with Crippen molar-refractivity contribution in [2.75, 3.05) is 5.32 Å². The van der Waals surface area contributed by atoms with Crippen LogP contribution in [0.5, 0.6) is 0 Å². The van der Waals surface area contributed by atoms with E-state index in [1.165, 1.54) is 18.2 Å². The number of nitrogens with one attached hydrogen (secondary N) is 1. The number of furan rings is 1. The van der Waals surface area contributed by atoms with Gasteiger partial charge in [0.2, 0.25) is 0 Å². The van der Waals surface area contributed by atoms with E-state index in [0.717, 1.165) is 25.3 Å². The van der Waals surface area contributed by atoms with Gasteiger partial charge in [0.05, 0.1) is 5.69 Å². The lowest BCUT2D eigenvalue weighted by Crippen LogP contribution is -2.10. The van der Waals surface area contributed by atoms with E-state index in [9.17, 15) is 0 Å². The van der Waals surface area contributed by atoms with Crippen LogP contribution >= 0.6 is 0 Å². The van der Waals surface area contributed by atoms with Crippen LogP contribution in [0.1, 0.15) is 73.1 Å². The van der Waals surface area contributed by atoms with Gasteiger partial charge in [-0.1, -0.05) is 53.3 Å². The van der Waals surface area contributed by atoms with Crippen LogP contribution in [-0.4, -0.2) is 0 Å². The van der Waals surface area contributed by atoms with Crippen molar-refractivity contribution in [3.8, 4) is 0 Å². The Labute approximate surface area is 143 Å². The van der Waals surface area contributed by atoms with Crippen LogP contribution in [0.25, 0.3) is 0 Å². The van der Waals surface area contributed by atoms with E-state index in [1.54, 1.807) is 0 Å². The number of rotatable bonds is 2. The average Bonchev–Trinajstić information content (AvgIpc) is 3.05. The van der Waals surface area contributed by atoms with Gasteiger partial charge in [-0.15, -0.1) is 0 Å². The van der Waals surface area contributed by atoms with E-state index >= 15 is 0 Å². The molecule has 0 amide bonds. The fourth-order valence-electron chi connectivity index (χ4n) is 1.63. The highest BCUT2D eigenvalue weighted by Gasteiger charge is 2.18. The first kappa shape index (κ1) is 4.66. The summed E-state index contributed by atoms with van der Waals surface area (Å²) in [5, 5.41) is 2.81. The molecule has 0 unspecified atom stereocenters. The van der Waals surface area contributed by atoms with Crippen molar-refractivity contribution in [2.45, 2.75) is 52.0 Å². The molecule has 0 bridgehead atoms. The molecule has 1 aromatic heterocycles. The Balaban J connectivity index is 2.49. The molecule has 0 aliphatic carbocycles. The first-order valence-corrected chi connectivity index (χ1v) is 5.88. The molecule has 0 aliphatic rings. The van der Waals surface area contributed by atoms with Crippen LogP contribution in [0.4, 0.5) is 11.4 Å². The lowest BCUT2D eigenvalue weighted by molar-refractivity contribution is 0.409. The molecule has 2 rings (SSSR count). The molecule has 0 spiro atoms. The largest absolute Gasteiger partial charge is 0.467 e. The second-order valence-electron chi connectivity index (χ2n) is 4.78. The van der Waals surface area contributed by atoms with Gasteiger partial charge in [0.1, 0.15) is 12.0 Å². The van der Waals surface area contributed by atoms with Crippen molar-refractivity contribution in [2.24, 2.45) is 0 Å². The van der Waals surface area contributed by atoms with Gasteiger partial charge in [0, 0.05) is 37.7 Å². The highest BCUT2D eigenvalue weighted by atomic mass is 16.3. The van der Waals surface area contributed by atoms with Crippen molar-refractivity contribution in [3.05, 3.63) is 47.9 Å². The van der Waals surface area contributed by atoms with E-state index in [-0.39, 0.29) is 17.1 Å². The van der Waals surface area contributed by atoms with E-state index < -0.39 is 50.7 Å². The quantitative estimate of drug-likeness (QED) is 0.775. The number of hydrogen-bond donors (Lipinski definition) is 1. The predicted octanol–water partition coefficient (Wildman–Crippen LogP) is 5.62. The van der Waals surface area contributed by atoms with Gasteiger partial charge in [-0.3, -0.25) is 0 Å². The molecule has 2 heteroatoms. The Bertz CT molecular complexity index is 969. The molecule has 0 radical (unpaired) electrons. The zero-order valence-corrected chi connectivity index (χ0v) is 10.9. The topological polar surface area (TPSA) is 25.2 Å². The van der Waals surface area contributed by atoms with Crippen LogP contribution in [-0.2, 0) is 10.8 Å². The maximum Gasteiger partial charge on any atom is 0.114 e. The minimum absolute atomic E-state index is 0.168. The molecule has 108 valence electrons. The molecule has 20 heavy (non-hydrogen) atoms. The molecular formula is C18H25NO. The third-order valence-electron chi connectivity index (χ3n) is 2.70. The van der Waals surface area contributed by atoms with Crippen molar-refractivity contribution < 1.29 is 25.0 Å². The van der Waals surface area contributed by atoms with E-state index in [4.69, 9.17) is 25.0 Å². The van der Waals surface area contributed by atoms with Gasteiger partial charge in [-0.25, -0.2) is 0 Å². The first-order chi connectivity index (χ1) is 15.4. The maximum atomic E-state index is 7.77. The van der Waals surface area contributed by atoms with E-state index in [1.807, 2.05) is 0 Å². The predicted molar refractivity (Wildman–Crippen MR) is 85.8 cm³/mol.